The molecule has 110 valence electrons. The Morgan fingerprint density at radius 2 is 2.25 bits per heavy atom. The first kappa shape index (κ1) is 15.6. The van der Waals surface area contributed by atoms with Crippen molar-refractivity contribution in [2.24, 2.45) is 0 Å². The van der Waals surface area contributed by atoms with Crippen molar-refractivity contribution in [1.29, 1.82) is 0 Å². The first-order valence-electron chi connectivity index (χ1n) is 6.70. The summed E-state index contributed by atoms with van der Waals surface area (Å²) in [6.45, 7) is 1.59. The number of hydrogen-bond donors (Lipinski definition) is 2. The first-order chi connectivity index (χ1) is 9.24. The molecular formula is C14H18BrClN2O2. The van der Waals surface area contributed by atoms with Crippen molar-refractivity contribution >= 4 is 34.2 Å². The molecule has 1 amide bonds. The molecule has 4 nitrogen and oxygen atoms in total. The minimum Gasteiger partial charge on any atom is -0.493 e. The number of ether oxygens (including phenoxy) is 1. The van der Waals surface area contributed by atoms with Crippen LogP contribution in [-0.4, -0.2) is 25.1 Å². The highest BCUT2D eigenvalue weighted by Gasteiger charge is 2.27. The average molecular weight is 362 g/mol. The lowest BCUT2D eigenvalue weighted by Crippen LogP contribution is -2.43. The lowest BCUT2D eigenvalue weighted by molar-refractivity contribution is -0.123. The highest BCUT2D eigenvalue weighted by Crippen LogP contribution is 2.34. The van der Waals surface area contributed by atoms with Gasteiger partial charge in [0.05, 0.1) is 18.7 Å². The largest absolute Gasteiger partial charge is 0.493 e. The average Bonchev–Trinajstić information content (AvgIpc) is 2.93. The van der Waals surface area contributed by atoms with Gasteiger partial charge in [-0.25, -0.2) is 0 Å². The quantitative estimate of drug-likeness (QED) is 0.851. The van der Waals surface area contributed by atoms with Gasteiger partial charge in [0.1, 0.15) is 5.75 Å². The summed E-state index contributed by atoms with van der Waals surface area (Å²) >= 11 is 3.47. The molecule has 0 bridgehead atoms. The van der Waals surface area contributed by atoms with Crippen molar-refractivity contribution in [3.05, 3.63) is 28.2 Å². The van der Waals surface area contributed by atoms with Gasteiger partial charge in [-0.15, -0.1) is 12.4 Å². The van der Waals surface area contributed by atoms with Gasteiger partial charge in [0, 0.05) is 16.5 Å². The van der Waals surface area contributed by atoms with Crippen LogP contribution < -0.4 is 15.4 Å². The Kier molecular flexibility index (Phi) is 5.29. The Hall–Kier alpha value is -0.780. The van der Waals surface area contributed by atoms with Gasteiger partial charge in [-0.2, -0.15) is 0 Å². The summed E-state index contributed by atoms with van der Waals surface area (Å²) < 4.78 is 6.64. The van der Waals surface area contributed by atoms with E-state index in [0.717, 1.165) is 41.6 Å². The summed E-state index contributed by atoms with van der Waals surface area (Å²) in [5, 5.41) is 6.37. The zero-order valence-electron chi connectivity index (χ0n) is 11.0. The van der Waals surface area contributed by atoms with Crippen molar-refractivity contribution in [1.82, 2.24) is 10.6 Å². The van der Waals surface area contributed by atoms with E-state index in [1.165, 1.54) is 0 Å². The molecule has 1 saturated heterocycles. The van der Waals surface area contributed by atoms with Crippen LogP contribution in [0.25, 0.3) is 0 Å². The van der Waals surface area contributed by atoms with Gasteiger partial charge in [-0.3, -0.25) is 4.79 Å². The van der Waals surface area contributed by atoms with E-state index in [2.05, 4.69) is 26.6 Å². The van der Waals surface area contributed by atoms with E-state index >= 15 is 0 Å². The number of fused-ring (bicyclic) bond motifs is 1. The Bertz CT molecular complexity index is 492. The molecule has 2 aliphatic rings. The van der Waals surface area contributed by atoms with Crippen LogP contribution in [0, 0.1) is 0 Å². The lowest BCUT2D eigenvalue weighted by atomic mass is 10.00. The molecule has 0 saturated carbocycles. The second kappa shape index (κ2) is 6.78. The van der Waals surface area contributed by atoms with Gasteiger partial charge < -0.3 is 15.4 Å². The maximum absolute atomic E-state index is 12.2. The van der Waals surface area contributed by atoms with Crippen LogP contribution in [0.1, 0.15) is 30.9 Å². The molecule has 3 rings (SSSR count). The topological polar surface area (TPSA) is 50.4 Å². The first-order valence-corrected chi connectivity index (χ1v) is 7.49. The number of carbonyl (C=O) groups is 1. The number of hydrogen-bond acceptors (Lipinski definition) is 3. The van der Waals surface area contributed by atoms with Gasteiger partial charge in [0.15, 0.2) is 0 Å². The van der Waals surface area contributed by atoms with Crippen LogP contribution in [0.15, 0.2) is 22.7 Å². The smallest absolute Gasteiger partial charge is 0.237 e. The van der Waals surface area contributed by atoms with E-state index in [9.17, 15) is 4.79 Å². The van der Waals surface area contributed by atoms with Gasteiger partial charge in [-0.05, 0) is 37.6 Å². The van der Waals surface area contributed by atoms with Gasteiger partial charge >= 0.3 is 0 Å². The number of amides is 1. The van der Waals surface area contributed by atoms with E-state index < -0.39 is 0 Å². The molecule has 1 fully saturated rings. The molecule has 2 unspecified atom stereocenters. The summed E-state index contributed by atoms with van der Waals surface area (Å²) in [6, 6.07) is 5.96. The zero-order valence-corrected chi connectivity index (χ0v) is 13.4. The molecule has 2 heterocycles. The van der Waals surface area contributed by atoms with Crippen molar-refractivity contribution in [3.8, 4) is 5.75 Å². The molecule has 2 atom stereocenters. The van der Waals surface area contributed by atoms with Crippen molar-refractivity contribution in [2.75, 3.05) is 13.2 Å². The van der Waals surface area contributed by atoms with Crippen LogP contribution >= 0.6 is 28.3 Å². The normalized spacial score (nSPS) is 24.2. The molecule has 0 aromatic heterocycles. The fraction of sp³-hybridized carbons (Fsp3) is 0.500. The highest BCUT2D eigenvalue weighted by molar-refractivity contribution is 9.10. The van der Waals surface area contributed by atoms with E-state index in [0.29, 0.717) is 6.61 Å². The highest BCUT2D eigenvalue weighted by atomic mass is 79.9. The third-order valence-corrected chi connectivity index (χ3v) is 4.20. The van der Waals surface area contributed by atoms with Crippen LogP contribution in [-0.2, 0) is 4.79 Å². The van der Waals surface area contributed by atoms with E-state index in [1.54, 1.807) is 0 Å². The summed E-state index contributed by atoms with van der Waals surface area (Å²) in [5.74, 6) is 0.981. The van der Waals surface area contributed by atoms with Crippen molar-refractivity contribution in [3.63, 3.8) is 0 Å². The van der Waals surface area contributed by atoms with Gasteiger partial charge in [-0.1, -0.05) is 15.9 Å². The Labute approximate surface area is 133 Å². The molecule has 6 heteroatoms. The van der Waals surface area contributed by atoms with Crippen molar-refractivity contribution < 1.29 is 9.53 Å². The van der Waals surface area contributed by atoms with Gasteiger partial charge in [0.25, 0.3) is 0 Å². The number of halogens is 2. The van der Waals surface area contributed by atoms with Gasteiger partial charge in [0.2, 0.25) is 5.91 Å². The van der Waals surface area contributed by atoms with E-state index in [1.807, 2.05) is 18.2 Å². The zero-order chi connectivity index (χ0) is 13.2. The Morgan fingerprint density at radius 1 is 1.40 bits per heavy atom. The minimum absolute atomic E-state index is 0. The molecule has 1 aromatic rings. The second-order valence-electron chi connectivity index (χ2n) is 5.03. The SMILES string of the molecule is Cl.O=C(NC1CCOc2ccc(Br)cc21)C1CCCN1. The second-order valence-corrected chi connectivity index (χ2v) is 5.95. The molecule has 0 aliphatic carbocycles. The molecular weight excluding hydrogens is 344 g/mol. The maximum atomic E-state index is 12.2. The Balaban J connectivity index is 0.00000147. The Morgan fingerprint density at radius 3 is 3.00 bits per heavy atom. The molecule has 2 N–H and O–H groups in total. The number of rotatable bonds is 2. The number of carbonyl (C=O) groups excluding carboxylic acids is 1. The lowest BCUT2D eigenvalue weighted by Gasteiger charge is -2.28. The summed E-state index contributed by atoms with van der Waals surface area (Å²) in [5.41, 5.74) is 1.06. The molecule has 20 heavy (non-hydrogen) atoms. The summed E-state index contributed by atoms with van der Waals surface area (Å²) in [7, 11) is 0. The van der Waals surface area contributed by atoms with Crippen molar-refractivity contribution in [2.45, 2.75) is 31.3 Å². The number of benzene rings is 1. The van der Waals surface area contributed by atoms with Crippen LogP contribution in [0.4, 0.5) is 0 Å². The van der Waals surface area contributed by atoms with Crippen LogP contribution in [0.5, 0.6) is 5.75 Å². The van der Waals surface area contributed by atoms with E-state index in [-0.39, 0.29) is 30.4 Å². The molecule has 1 aromatic carbocycles. The summed E-state index contributed by atoms with van der Waals surface area (Å²) in [6.07, 6.45) is 2.83. The molecule has 0 spiro atoms. The standard InChI is InChI=1S/C14H17BrN2O2.ClH/c15-9-3-4-13-10(8-9)11(5-7-19-13)17-14(18)12-2-1-6-16-12;/h3-4,8,11-12,16H,1-2,5-7H2,(H,17,18);1H. The van der Waals surface area contributed by atoms with E-state index in [4.69, 9.17) is 4.74 Å². The third-order valence-electron chi connectivity index (χ3n) is 3.70. The van der Waals surface area contributed by atoms with Crippen LogP contribution in [0.3, 0.4) is 0 Å². The minimum atomic E-state index is -0.0292. The summed E-state index contributed by atoms with van der Waals surface area (Å²) in [4.78, 5) is 12.2. The third kappa shape index (κ3) is 3.27. The monoisotopic (exact) mass is 360 g/mol. The number of nitrogens with one attached hydrogen (secondary N) is 2. The maximum Gasteiger partial charge on any atom is 0.237 e. The predicted octanol–water partition coefficient (Wildman–Crippen LogP) is 2.56. The molecule has 0 radical (unpaired) electrons. The molecule has 2 aliphatic heterocycles. The fourth-order valence-electron chi connectivity index (χ4n) is 2.70. The fourth-order valence-corrected chi connectivity index (χ4v) is 3.07. The predicted molar refractivity (Wildman–Crippen MR) is 83.4 cm³/mol. The van der Waals surface area contributed by atoms with Crippen LogP contribution in [0.2, 0.25) is 0 Å².